The summed E-state index contributed by atoms with van der Waals surface area (Å²) in [6.45, 7) is 2.13. The van der Waals surface area contributed by atoms with Crippen molar-refractivity contribution in [3.05, 3.63) is 35.9 Å². The summed E-state index contributed by atoms with van der Waals surface area (Å²) in [5.74, 6) is -2.44. The highest BCUT2D eigenvalue weighted by Gasteiger charge is 2.41. The molecule has 8 heteroatoms. The van der Waals surface area contributed by atoms with E-state index in [-0.39, 0.29) is 0 Å². The normalized spacial score (nSPS) is 23.7. The number of piperidine rings is 1. The third-order valence-electron chi connectivity index (χ3n) is 4.64. The molecular weight excluding hydrogens is 337 g/mol. The fraction of sp³-hybridized carbons (Fsp3) is 0.529. The second-order valence-corrected chi connectivity index (χ2v) is 6.23. The molecule has 1 N–H and O–H groups in total. The summed E-state index contributed by atoms with van der Waals surface area (Å²) in [4.78, 5) is 25.1. The number of carboxylic acids is 1. The van der Waals surface area contributed by atoms with Gasteiger partial charge in [0.05, 0.1) is 0 Å². The molecule has 2 heterocycles. The molecule has 0 spiro atoms. The summed E-state index contributed by atoms with van der Waals surface area (Å²) < 4.78 is 31.7. The van der Waals surface area contributed by atoms with Gasteiger partial charge in [-0.15, -0.1) is 0 Å². The Morgan fingerprint density at radius 3 is 2.36 bits per heavy atom. The molecule has 138 valence electrons. The van der Waals surface area contributed by atoms with E-state index in [0.29, 0.717) is 24.4 Å². The zero-order valence-electron chi connectivity index (χ0n) is 13.9. The van der Waals surface area contributed by atoms with E-state index in [1.54, 1.807) is 0 Å². The maximum absolute atomic E-state index is 11.7. The summed E-state index contributed by atoms with van der Waals surface area (Å²) in [5.41, 5.74) is 1.37. The lowest BCUT2D eigenvalue weighted by molar-refractivity contribution is -0.192. The number of alkyl halides is 3. The van der Waals surface area contributed by atoms with Crippen LogP contribution in [0.4, 0.5) is 13.2 Å². The molecule has 2 atom stereocenters. The first-order valence-corrected chi connectivity index (χ1v) is 8.04. The number of aliphatic carboxylic acids is 1. The zero-order valence-corrected chi connectivity index (χ0v) is 13.9. The highest BCUT2D eigenvalue weighted by Crippen LogP contribution is 2.31. The average molecular weight is 358 g/mol. The van der Waals surface area contributed by atoms with Gasteiger partial charge in [-0.2, -0.15) is 13.2 Å². The first-order valence-electron chi connectivity index (χ1n) is 8.04. The molecule has 5 nitrogen and oxygen atoms in total. The van der Waals surface area contributed by atoms with Gasteiger partial charge in [-0.1, -0.05) is 30.3 Å². The predicted molar refractivity (Wildman–Crippen MR) is 84.7 cm³/mol. The molecule has 1 amide bonds. The van der Waals surface area contributed by atoms with E-state index in [1.165, 1.54) is 5.56 Å². The molecule has 0 aromatic heterocycles. The SMILES string of the molecule is CN1C(=O)CC[C@@H]2[C@H]1CCN2Cc1ccccc1.O=C(O)C(F)(F)F. The van der Waals surface area contributed by atoms with Gasteiger partial charge in [0.1, 0.15) is 0 Å². The molecule has 0 unspecified atom stereocenters. The Morgan fingerprint density at radius 1 is 1.20 bits per heavy atom. The van der Waals surface area contributed by atoms with Crippen molar-refractivity contribution < 1.29 is 27.9 Å². The summed E-state index contributed by atoms with van der Waals surface area (Å²) in [6, 6.07) is 11.6. The van der Waals surface area contributed by atoms with Gasteiger partial charge < -0.3 is 10.0 Å². The summed E-state index contributed by atoms with van der Waals surface area (Å²) in [7, 11) is 1.96. The Morgan fingerprint density at radius 2 is 1.80 bits per heavy atom. The number of carboxylic acid groups (broad SMARTS) is 1. The fourth-order valence-corrected chi connectivity index (χ4v) is 3.37. The molecule has 0 radical (unpaired) electrons. The van der Waals surface area contributed by atoms with Crippen LogP contribution in [0.15, 0.2) is 30.3 Å². The lowest BCUT2D eigenvalue weighted by atomic mass is 9.97. The van der Waals surface area contributed by atoms with Crippen LogP contribution in [-0.4, -0.2) is 58.6 Å². The third kappa shape index (κ3) is 4.94. The first kappa shape index (κ1) is 19.2. The Labute approximate surface area is 144 Å². The number of likely N-dealkylation sites (tertiary alicyclic amines) is 2. The molecule has 25 heavy (non-hydrogen) atoms. The van der Waals surface area contributed by atoms with Crippen molar-refractivity contribution in [3.63, 3.8) is 0 Å². The molecule has 0 aliphatic carbocycles. The van der Waals surface area contributed by atoms with Crippen LogP contribution in [0.2, 0.25) is 0 Å². The maximum atomic E-state index is 11.7. The number of nitrogens with zero attached hydrogens (tertiary/aromatic N) is 2. The van der Waals surface area contributed by atoms with Crippen molar-refractivity contribution in [1.29, 1.82) is 0 Å². The van der Waals surface area contributed by atoms with Crippen molar-refractivity contribution >= 4 is 11.9 Å². The molecule has 1 aromatic rings. The second kappa shape index (κ2) is 7.86. The fourth-order valence-electron chi connectivity index (χ4n) is 3.37. The van der Waals surface area contributed by atoms with Gasteiger partial charge in [0.25, 0.3) is 0 Å². The minimum absolute atomic E-state index is 0.317. The third-order valence-corrected chi connectivity index (χ3v) is 4.64. The number of hydrogen-bond acceptors (Lipinski definition) is 3. The molecule has 0 bridgehead atoms. The number of rotatable bonds is 2. The number of benzene rings is 1. The van der Waals surface area contributed by atoms with E-state index in [2.05, 4.69) is 35.2 Å². The van der Waals surface area contributed by atoms with Crippen LogP contribution in [0.25, 0.3) is 0 Å². The van der Waals surface area contributed by atoms with Gasteiger partial charge in [-0.3, -0.25) is 9.69 Å². The molecule has 2 fully saturated rings. The van der Waals surface area contributed by atoms with Crippen LogP contribution in [0.3, 0.4) is 0 Å². The van der Waals surface area contributed by atoms with Gasteiger partial charge in [0.2, 0.25) is 5.91 Å². The molecule has 1 aromatic carbocycles. The summed E-state index contributed by atoms with van der Waals surface area (Å²) >= 11 is 0. The standard InChI is InChI=1S/C15H20N2O.C2HF3O2/c1-16-13-9-10-17(14(13)7-8-15(16)18)11-12-5-3-2-4-6-12;3-2(4,5)1(6)7/h2-6,13-14H,7-11H2,1H3;(H,6,7)/t13-,14-;/m1./s1. The Kier molecular flexibility index (Phi) is 6.05. The number of halogens is 3. The van der Waals surface area contributed by atoms with Gasteiger partial charge >= 0.3 is 12.1 Å². The zero-order chi connectivity index (χ0) is 18.6. The van der Waals surface area contributed by atoms with Gasteiger partial charge in [0.15, 0.2) is 0 Å². The minimum Gasteiger partial charge on any atom is -0.475 e. The Hall–Kier alpha value is -2.09. The van der Waals surface area contributed by atoms with Crippen LogP contribution < -0.4 is 0 Å². The first-order chi connectivity index (χ1) is 11.7. The summed E-state index contributed by atoms with van der Waals surface area (Å²) in [5, 5.41) is 7.12. The molecular formula is C17H21F3N2O3. The van der Waals surface area contributed by atoms with Crippen LogP contribution >= 0.6 is 0 Å². The quantitative estimate of drug-likeness (QED) is 0.883. The number of amides is 1. The second-order valence-electron chi connectivity index (χ2n) is 6.23. The Balaban J connectivity index is 0.000000277. The van der Waals surface area contributed by atoms with E-state index < -0.39 is 12.1 Å². The van der Waals surface area contributed by atoms with Gasteiger partial charge in [0, 0.05) is 38.6 Å². The highest BCUT2D eigenvalue weighted by atomic mass is 19.4. The number of likely N-dealkylation sites (N-methyl/N-ethyl adjacent to an activating group) is 1. The lowest BCUT2D eigenvalue weighted by Crippen LogP contribution is -2.50. The topological polar surface area (TPSA) is 60.9 Å². The maximum Gasteiger partial charge on any atom is 0.490 e. The van der Waals surface area contributed by atoms with Gasteiger partial charge in [-0.05, 0) is 18.4 Å². The van der Waals surface area contributed by atoms with Crippen LogP contribution in [0.1, 0.15) is 24.8 Å². The van der Waals surface area contributed by atoms with Crippen LogP contribution in [0, 0.1) is 0 Å². The molecule has 2 saturated heterocycles. The van der Waals surface area contributed by atoms with Gasteiger partial charge in [-0.25, -0.2) is 4.79 Å². The Bertz CT molecular complexity index is 607. The van der Waals surface area contributed by atoms with Crippen LogP contribution in [0.5, 0.6) is 0 Å². The molecule has 2 aliphatic heterocycles. The van der Waals surface area contributed by atoms with Crippen molar-refractivity contribution in [2.24, 2.45) is 0 Å². The number of carbonyl (C=O) groups excluding carboxylic acids is 1. The summed E-state index contributed by atoms with van der Waals surface area (Å²) in [6.07, 6.45) is -2.22. The average Bonchev–Trinajstić information content (AvgIpc) is 2.95. The predicted octanol–water partition coefficient (Wildman–Crippen LogP) is 2.51. The number of carbonyl (C=O) groups is 2. The largest absolute Gasteiger partial charge is 0.490 e. The van der Waals surface area contributed by atoms with Crippen molar-refractivity contribution in [1.82, 2.24) is 9.80 Å². The van der Waals surface area contributed by atoms with E-state index >= 15 is 0 Å². The van der Waals surface area contributed by atoms with E-state index in [1.807, 2.05) is 11.9 Å². The van der Waals surface area contributed by atoms with E-state index in [9.17, 15) is 18.0 Å². The molecule has 0 saturated carbocycles. The molecule has 2 aliphatic rings. The van der Waals surface area contributed by atoms with E-state index in [4.69, 9.17) is 9.90 Å². The minimum atomic E-state index is -5.08. The lowest BCUT2D eigenvalue weighted by Gasteiger charge is -2.37. The van der Waals surface area contributed by atoms with Crippen molar-refractivity contribution in [3.8, 4) is 0 Å². The van der Waals surface area contributed by atoms with Crippen LogP contribution in [-0.2, 0) is 16.1 Å². The number of fused-ring (bicyclic) bond motifs is 1. The van der Waals surface area contributed by atoms with Crippen molar-refractivity contribution in [2.45, 2.75) is 44.1 Å². The molecule has 3 rings (SSSR count). The van der Waals surface area contributed by atoms with Crippen molar-refractivity contribution in [2.75, 3.05) is 13.6 Å². The highest BCUT2D eigenvalue weighted by molar-refractivity contribution is 5.77. The number of hydrogen-bond donors (Lipinski definition) is 1. The monoisotopic (exact) mass is 358 g/mol. The van der Waals surface area contributed by atoms with E-state index in [0.717, 1.165) is 25.9 Å². The smallest absolute Gasteiger partial charge is 0.475 e.